The summed E-state index contributed by atoms with van der Waals surface area (Å²) in [5.41, 5.74) is 1.17. The molecule has 5 heteroatoms. The van der Waals surface area contributed by atoms with Crippen LogP contribution in [0.5, 0.6) is 11.5 Å². The summed E-state index contributed by atoms with van der Waals surface area (Å²) in [6.45, 7) is 8.51. The number of fused-ring (bicyclic) bond motifs is 1. The number of hydrogen-bond acceptors (Lipinski definition) is 4. The number of quaternary nitrogens is 1. The minimum atomic E-state index is -0.185. The highest BCUT2D eigenvalue weighted by Crippen LogP contribution is 2.39. The summed E-state index contributed by atoms with van der Waals surface area (Å²) >= 11 is 0. The van der Waals surface area contributed by atoms with Gasteiger partial charge in [-0.15, -0.1) is 0 Å². The van der Waals surface area contributed by atoms with Gasteiger partial charge in [0.25, 0.3) is 0 Å². The molecule has 1 aliphatic rings. The van der Waals surface area contributed by atoms with Crippen LogP contribution >= 0.6 is 0 Å². The van der Waals surface area contributed by atoms with Crippen molar-refractivity contribution in [3.63, 3.8) is 0 Å². The molecule has 0 amide bonds. The van der Waals surface area contributed by atoms with Gasteiger partial charge in [-0.05, 0) is 45.0 Å². The van der Waals surface area contributed by atoms with Crippen LogP contribution in [0, 0.1) is 6.92 Å². The molecule has 0 saturated heterocycles. The van der Waals surface area contributed by atoms with Crippen molar-refractivity contribution in [3.8, 4) is 11.5 Å². The summed E-state index contributed by atoms with van der Waals surface area (Å²) in [6.07, 6.45) is 1.60. The lowest BCUT2D eigenvalue weighted by Gasteiger charge is -2.17. The van der Waals surface area contributed by atoms with Crippen molar-refractivity contribution in [1.29, 1.82) is 0 Å². The molecule has 5 nitrogen and oxygen atoms in total. The second kappa shape index (κ2) is 6.53. The van der Waals surface area contributed by atoms with Gasteiger partial charge in [0.15, 0.2) is 11.5 Å². The lowest BCUT2D eigenvalue weighted by Crippen LogP contribution is -3.10. The third kappa shape index (κ3) is 2.95. The van der Waals surface area contributed by atoms with E-state index in [1.54, 1.807) is 24.3 Å². The van der Waals surface area contributed by atoms with Gasteiger partial charge in [-0.25, -0.2) is 0 Å². The Balaban J connectivity index is 1.97. The zero-order valence-electron chi connectivity index (χ0n) is 14.2. The average Bonchev–Trinajstić information content (AvgIpc) is 3.11. The molecule has 0 aliphatic carbocycles. The predicted molar refractivity (Wildman–Crippen MR) is 90.2 cm³/mol. The fraction of sp³-hybridized carbons (Fsp3) is 0.316. The molecule has 2 heterocycles. The maximum Gasteiger partial charge on any atom is 0.232 e. The van der Waals surface area contributed by atoms with E-state index >= 15 is 0 Å². The van der Waals surface area contributed by atoms with Crippen molar-refractivity contribution in [1.82, 2.24) is 0 Å². The smallest absolute Gasteiger partial charge is 0.232 e. The van der Waals surface area contributed by atoms with Gasteiger partial charge in [0.05, 0.1) is 24.2 Å². The van der Waals surface area contributed by atoms with Crippen molar-refractivity contribution in [3.05, 3.63) is 52.7 Å². The Morgan fingerprint density at radius 2 is 1.92 bits per heavy atom. The Morgan fingerprint density at radius 1 is 1.17 bits per heavy atom. The van der Waals surface area contributed by atoms with Gasteiger partial charge in [-0.1, -0.05) is 0 Å². The molecule has 0 atom stereocenters. The number of hydrogen-bond donors (Lipinski definition) is 2. The summed E-state index contributed by atoms with van der Waals surface area (Å²) in [6, 6.07) is 6.81. The number of aromatic hydroxyl groups is 1. The number of phenols is 1. The number of nitrogens with one attached hydrogen (secondary N) is 1. The molecule has 1 aliphatic heterocycles. The van der Waals surface area contributed by atoms with E-state index in [4.69, 9.17) is 9.15 Å². The number of benzene rings is 1. The number of ether oxygens (including phenoxy) is 1. The zero-order chi connectivity index (χ0) is 17.3. The van der Waals surface area contributed by atoms with E-state index < -0.39 is 0 Å². The summed E-state index contributed by atoms with van der Waals surface area (Å²) in [4.78, 5) is 13.9. The molecule has 2 aromatic rings. The molecule has 0 radical (unpaired) electrons. The highest BCUT2D eigenvalue weighted by atomic mass is 16.5. The van der Waals surface area contributed by atoms with E-state index in [1.807, 2.05) is 13.0 Å². The number of ketones is 1. The fourth-order valence-corrected chi connectivity index (χ4v) is 2.88. The SMILES string of the molecule is CC[NH+](CC)Cc1c(O)ccc2c1O/C(=C\c1ccc(C)o1)C2=O. The quantitative estimate of drug-likeness (QED) is 0.827. The van der Waals surface area contributed by atoms with Crippen LogP contribution in [-0.2, 0) is 6.54 Å². The average molecular weight is 328 g/mol. The molecular formula is C19H22NO4+. The standard InChI is InChI=1S/C19H21NO4/c1-4-20(5-2)11-15-16(21)9-8-14-18(22)17(24-19(14)15)10-13-7-6-12(3)23-13/h6-10,21H,4-5,11H2,1-3H3/p+1/b17-10-. The first-order chi connectivity index (χ1) is 11.5. The normalized spacial score (nSPS) is 15.2. The third-order valence-electron chi connectivity index (χ3n) is 4.38. The highest BCUT2D eigenvalue weighted by molar-refractivity contribution is 6.14. The van der Waals surface area contributed by atoms with E-state index in [9.17, 15) is 9.90 Å². The lowest BCUT2D eigenvalue weighted by atomic mass is 10.0. The maximum atomic E-state index is 12.6. The molecule has 0 bridgehead atoms. The van der Waals surface area contributed by atoms with Crippen LogP contribution in [-0.4, -0.2) is 24.0 Å². The maximum absolute atomic E-state index is 12.6. The van der Waals surface area contributed by atoms with Crippen molar-refractivity contribution in [2.75, 3.05) is 13.1 Å². The first-order valence-corrected chi connectivity index (χ1v) is 8.22. The second-order valence-electron chi connectivity index (χ2n) is 5.96. The van der Waals surface area contributed by atoms with E-state index in [2.05, 4.69) is 13.8 Å². The lowest BCUT2D eigenvalue weighted by molar-refractivity contribution is -0.910. The molecule has 0 saturated carbocycles. The Morgan fingerprint density at radius 3 is 2.54 bits per heavy atom. The minimum absolute atomic E-state index is 0.163. The van der Waals surface area contributed by atoms with Crippen LogP contribution in [0.1, 0.15) is 41.3 Å². The van der Waals surface area contributed by atoms with Gasteiger partial charge in [-0.3, -0.25) is 4.79 Å². The Labute approximate surface area is 141 Å². The van der Waals surface area contributed by atoms with E-state index in [1.165, 1.54) is 4.90 Å². The van der Waals surface area contributed by atoms with Gasteiger partial charge >= 0.3 is 0 Å². The van der Waals surface area contributed by atoms with Crippen LogP contribution in [0.2, 0.25) is 0 Å². The first kappa shape index (κ1) is 16.3. The Kier molecular flexibility index (Phi) is 4.44. The van der Waals surface area contributed by atoms with Crippen LogP contribution in [0.25, 0.3) is 6.08 Å². The summed E-state index contributed by atoms with van der Waals surface area (Å²) in [5.74, 6) is 2.01. The number of phenolic OH excluding ortho intramolecular Hbond substituents is 1. The van der Waals surface area contributed by atoms with Crippen molar-refractivity contribution >= 4 is 11.9 Å². The molecule has 0 spiro atoms. The number of furan rings is 1. The van der Waals surface area contributed by atoms with Gasteiger partial charge in [-0.2, -0.15) is 0 Å². The summed E-state index contributed by atoms with van der Waals surface area (Å²) in [7, 11) is 0. The molecular weight excluding hydrogens is 306 g/mol. The van der Waals surface area contributed by atoms with Gasteiger partial charge < -0.3 is 19.2 Å². The number of allylic oxidation sites excluding steroid dienone is 1. The van der Waals surface area contributed by atoms with E-state index in [-0.39, 0.29) is 17.3 Å². The second-order valence-corrected chi connectivity index (χ2v) is 5.96. The number of rotatable bonds is 5. The number of Topliss-reactive ketones (excluding diaryl/α,β-unsaturated/α-hetero) is 1. The Bertz CT molecular complexity index is 800. The Hall–Kier alpha value is -2.53. The van der Waals surface area contributed by atoms with Crippen LogP contribution in [0.15, 0.2) is 34.4 Å². The summed E-state index contributed by atoms with van der Waals surface area (Å²) in [5, 5.41) is 10.2. The topological polar surface area (TPSA) is 64.1 Å². The van der Waals surface area contributed by atoms with Gasteiger partial charge in [0.1, 0.15) is 23.8 Å². The molecule has 1 aromatic heterocycles. The fourth-order valence-electron chi connectivity index (χ4n) is 2.88. The first-order valence-electron chi connectivity index (χ1n) is 8.22. The molecule has 126 valence electrons. The third-order valence-corrected chi connectivity index (χ3v) is 4.38. The molecule has 0 fully saturated rings. The largest absolute Gasteiger partial charge is 0.507 e. The minimum Gasteiger partial charge on any atom is -0.507 e. The van der Waals surface area contributed by atoms with E-state index in [0.717, 1.165) is 18.8 Å². The molecule has 2 N–H and O–H groups in total. The number of carbonyl (C=O) groups is 1. The van der Waals surface area contributed by atoms with Crippen LogP contribution in [0.3, 0.4) is 0 Å². The van der Waals surface area contributed by atoms with Crippen molar-refractivity contribution in [2.24, 2.45) is 0 Å². The van der Waals surface area contributed by atoms with E-state index in [0.29, 0.717) is 29.2 Å². The van der Waals surface area contributed by atoms with Crippen molar-refractivity contribution < 1.29 is 24.0 Å². The van der Waals surface area contributed by atoms with Gasteiger partial charge in [0.2, 0.25) is 5.78 Å². The summed E-state index contributed by atoms with van der Waals surface area (Å²) < 4.78 is 11.3. The molecule has 0 unspecified atom stereocenters. The monoisotopic (exact) mass is 328 g/mol. The van der Waals surface area contributed by atoms with Gasteiger partial charge in [0, 0.05) is 6.08 Å². The number of aryl methyl sites for hydroxylation is 1. The highest BCUT2D eigenvalue weighted by Gasteiger charge is 2.32. The molecule has 1 aromatic carbocycles. The predicted octanol–water partition coefficient (Wildman–Crippen LogP) is 2.33. The molecule has 3 rings (SSSR count). The van der Waals surface area contributed by atoms with Crippen LogP contribution < -0.4 is 9.64 Å². The zero-order valence-corrected chi connectivity index (χ0v) is 14.2. The number of carbonyl (C=O) groups excluding carboxylic acids is 1. The van der Waals surface area contributed by atoms with Crippen LogP contribution in [0.4, 0.5) is 0 Å². The molecule has 24 heavy (non-hydrogen) atoms. The van der Waals surface area contributed by atoms with Crippen molar-refractivity contribution in [2.45, 2.75) is 27.3 Å².